The summed E-state index contributed by atoms with van der Waals surface area (Å²) >= 11 is 0. The zero-order valence-corrected chi connectivity index (χ0v) is 14.4. The quantitative estimate of drug-likeness (QED) is 0.742. The summed E-state index contributed by atoms with van der Waals surface area (Å²) in [5.41, 5.74) is 0.201. The first-order valence-corrected chi connectivity index (χ1v) is 7.93. The normalized spacial score (nSPS) is 12.2. The third kappa shape index (κ3) is 4.82. The summed E-state index contributed by atoms with van der Waals surface area (Å²) in [6.45, 7) is 3.76. The third-order valence-corrected chi connectivity index (χ3v) is 3.73. The standard InChI is InChI=1S/C18H21NO6/c1-10(2)6-14(18(22)23)19-16(20)7-11-8-17(21)25-15-9-12(24-3)4-5-13(11)15/h4-5,8-10,14H,6-7H2,1-3H3,(H,19,20)(H,22,23). The number of carbonyl (C=O) groups excluding carboxylic acids is 1. The zero-order valence-electron chi connectivity index (χ0n) is 14.4. The summed E-state index contributed by atoms with van der Waals surface area (Å²) in [6.07, 6.45) is 0.215. The van der Waals surface area contributed by atoms with Crippen LogP contribution in [0.1, 0.15) is 25.8 Å². The second-order valence-electron chi connectivity index (χ2n) is 6.22. The summed E-state index contributed by atoms with van der Waals surface area (Å²) in [7, 11) is 1.50. The van der Waals surface area contributed by atoms with E-state index in [1.165, 1.54) is 13.2 Å². The Kier molecular flexibility index (Phi) is 5.80. The van der Waals surface area contributed by atoms with Gasteiger partial charge in [-0.05, 0) is 30.0 Å². The molecule has 1 aromatic carbocycles. The van der Waals surface area contributed by atoms with Crippen molar-refractivity contribution in [1.29, 1.82) is 0 Å². The van der Waals surface area contributed by atoms with Crippen LogP contribution in [0.25, 0.3) is 11.0 Å². The fourth-order valence-corrected chi connectivity index (χ4v) is 2.59. The Morgan fingerprint density at radius 2 is 2.00 bits per heavy atom. The Morgan fingerprint density at radius 1 is 1.28 bits per heavy atom. The summed E-state index contributed by atoms with van der Waals surface area (Å²) < 4.78 is 10.2. The summed E-state index contributed by atoms with van der Waals surface area (Å²) in [4.78, 5) is 35.2. The van der Waals surface area contributed by atoms with Crippen molar-refractivity contribution in [2.45, 2.75) is 32.7 Å². The van der Waals surface area contributed by atoms with Gasteiger partial charge < -0.3 is 19.6 Å². The zero-order chi connectivity index (χ0) is 18.6. The number of rotatable bonds is 7. The molecular formula is C18H21NO6. The van der Waals surface area contributed by atoms with Gasteiger partial charge in [-0.3, -0.25) is 4.79 Å². The molecule has 134 valence electrons. The molecule has 25 heavy (non-hydrogen) atoms. The highest BCUT2D eigenvalue weighted by molar-refractivity contribution is 5.89. The van der Waals surface area contributed by atoms with Crippen LogP contribution in [0.2, 0.25) is 0 Å². The van der Waals surface area contributed by atoms with Crippen LogP contribution in [0, 0.1) is 5.92 Å². The lowest BCUT2D eigenvalue weighted by Crippen LogP contribution is -2.42. The van der Waals surface area contributed by atoms with E-state index in [-0.39, 0.29) is 12.3 Å². The van der Waals surface area contributed by atoms with Gasteiger partial charge in [-0.2, -0.15) is 0 Å². The summed E-state index contributed by atoms with van der Waals surface area (Å²) in [5, 5.41) is 12.3. The third-order valence-electron chi connectivity index (χ3n) is 3.73. The lowest BCUT2D eigenvalue weighted by Gasteiger charge is -2.16. The van der Waals surface area contributed by atoms with Gasteiger partial charge in [0.15, 0.2) is 0 Å². The number of benzene rings is 1. The maximum atomic E-state index is 12.3. The molecule has 0 bridgehead atoms. The van der Waals surface area contributed by atoms with Crippen molar-refractivity contribution in [2.24, 2.45) is 5.92 Å². The van der Waals surface area contributed by atoms with Crippen molar-refractivity contribution in [3.63, 3.8) is 0 Å². The first-order chi connectivity index (χ1) is 11.8. The second kappa shape index (κ2) is 7.83. The number of methoxy groups -OCH3 is 1. The number of nitrogens with one attached hydrogen (secondary N) is 1. The number of ether oxygens (including phenoxy) is 1. The molecule has 0 spiro atoms. The molecule has 2 N–H and O–H groups in total. The summed E-state index contributed by atoms with van der Waals surface area (Å²) in [6, 6.07) is 5.24. The lowest BCUT2D eigenvalue weighted by atomic mass is 10.0. The van der Waals surface area contributed by atoms with E-state index in [1.807, 2.05) is 13.8 Å². The van der Waals surface area contributed by atoms with Gasteiger partial charge in [-0.25, -0.2) is 9.59 Å². The van der Waals surface area contributed by atoms with Crippen LogP contribution in [0.15, 0.2) is 33.5 Å². The fraction of sp³-hybridized carbons (Fsp3) is 0.389. The van der Waals surface area contributed by atoms with Crippen molar-refractivity contribution in [3.8, 4) is 5.75 Å². The van der Waals surface area contributed by atoms with E-state index in [0.717, 1.165) is 0 Å². The van der Waals surface area contributed by atoms with Crippen LogP contribution in [0.3, 0.4) is 0 Å². The molecule has 1 atom stereocenters. The summed E-state index contributed by atoms with van der Waals surface area (Å²) in [5.74, 6) is -0.890. The molecule has 0 fully saturated rings. The molecule has 1 aromatic heterocycles. The van der Waals surface area contributed by atoms with Crippen LogP contribution in [-0.2, 0) is 16.0 Å². The minimum Gasteiger partial charge on any atom is -0.497 e. The molecule has 0 aliphatic carbocycles. The van der Waals surface area contributed by atoms with E-state index in [9.17, 15) is 19.5 Å². The van der Waals surface area contributed by atoms with Crippen LogP contribution in [0.4, 0.5) is 0 Å². The van der Waals surface area contributed by atoms with E-state index < -0.39 is 23.5 Å². The molecule has 2 rings (SSSR count). The van der Waals surface area contributed by atoms with Gasteiger partial charge in [-0.1, -0.05) is 13.8 Å². The van der Waals surface area contributed by atoms with E-state index in [0.29, 0.717) is 28.7 Å². The topological polar surface area (TPSA) is 106 Å². The Labute approximate surface area is 144 Å². The second-order valence-corrected chi connectivity index (χ2v) is 6.22. The van der Waals surface area contributed by atoms with Gasteiger partial charge in [0.1, 0.15) is 17.4 Å². The largest absolute Gasteiger partial charge is 0.497 e. The number of amides is 1. The van der Waals surface area contributed by atoms with Gasteiger partial charge in [0.05, 0.1) is 13.5 Å². The molecule has 7 heteroatoms. The van der Waals surface area contributed by atoms with Gasteiger partial charge in [0, 0.05) is 17.5 Å². The van der Waals surface area contributed by atoms with Crippen molar-refractivity contribution in [3.05, 3.63) is 40.2 Å². The average Bonchev–Trinajstić information content (AvgIpc) is 2.52. The molecule has 1 amide bonds. The molecule has 7 nitrogen and oxygen atoms in total. The van der Waals surface area contributed by atoms with Gasteiger partial charge in [-0.15, -0.1) is 0 Å². The fourth-order valence-electron chi connectivity index (χ4n) is 2.59. The molecule has 0 radical (unpaired) electrons. The monoisotopic (exact) mass is 347 g/mol. The smallest absolute Gasteiger partial charge is 0.336 e. The molecule has 1 heterocycles. The first-order valence-electron chi connectivity index (χ1n) is 7.93. The first kappa shape index (κ1) is 18.5. The lowest BCUT2D eigenvalue weighted by molar-refractivity contribution is -0.142. The maximum Gasteiger partial charge on any atom is 0.336 e. The molecule has 0 saturated heterocycles. The minimum absolute atomic E-state index is 0.115. The van der Waals surface area contributed by atoms with Gasteiger partial charge >= 0.3 is 11.6 Å². The number of hydrogen-bond donors (Lipinski definition) is 2. The highest BCUT2D eigenvalue weighted by Gasteiger charge is 2.21. The number of hydrogen-bond acceptors (Lipinski definition) is 5. The van der Waals surface area contributed by atoms with E-state index >= 15 is 0 Å². The Bertz CT molecular complexity index is 839. The van der Waals surface area contributed by atoms with Crippen LogP contribution in [-0.4, -0.2) is 30.1 Å². The molecule has 2 aromatic rings. The van der Waals surface area contributed by atoms with E-state index in [4.69, 9.17) is 9.15 Å². The molecule has 0 aliphatic heterocycles. The minimum atomic E-state index is -1.08. The highest BCUT2D eigenvalue weighted by atomic mass is 16.5. The number of carbonyl (C=O) groups is 2. The Hall–Kier alpha value is -2.83. The van der Waals surface area contributed by atoms with Crippen LogP contribution >= 0.6 is 0 Å². The van der Waals surface area contributed by atoms with Crippen LogP contribution in [0.5, 0.6) is 5.75 Å². The van der Waals surface area contributed by atoms with Gasteiger partial charge in [0.25, 0.3) is 0 Å². The number of aliphatic carboxylic acids is 1. The van der Waals surface area contributed by atoms with E-state index in [1.54, 1.807) is 18.2 Å². The molecule has 0 aliphatic rings. The van der Waals surface area contributed by atoms with E-state index in [2.05, 4.69) is 5.32 Å². The average molecular weight is 347 g/mol. The Morgan fingerprint density at radius 3 is 2.60 bits per heavy atom. The van der Waals surface area contributed by atoms with Crippen molar-refractivity contribution >= 4 is 22.8 Å². The van der Waals surface area contributed by atoms with Crippen molar-refractivity contribution < 1.29 is 23.8 Å². The number of carboxylic acids is 1. The highest BCUT2D eigenvalue weighted by Crippen LogP contribution is 2.22. The number of fused-ring (bicyclic) bond motifs is 1. The Balaban J connectivity index is 2.25. The maximum absolute atomic E-state index is 12.3. The van der Waals surface area contributed by atoms with Crippen molar-refractivity contribution in [2.75, 3.05) is 7.11 Å². The molecule has 0 saturated carbocycles. The predicted octanol–water partition coefficient (Wildman–Crippen LogP) is 1.96. The SMILES string of the molecule is COc1ccc2c(CC(=O)NC(CC(C)C)C(=O)O)cc(=O)oc2c1. The van der Waals surface area contributed by atoms with Crippen LogP contribution < -0.4 is 15.7 Å². The predicted molar refractivity (Wildman–Crippen MR) is 91.8 cm³/mol. The molecule has 1 unspecified atom stereocenters. The molecular weight excluding hydrogens is 326 g/mol. The van der Waals surface area contributed by atoms with Crippen molar-refractivity contribution in [1.82, 2.24) is 5.32 Å². The van der Waals surface area contributed by atoms with Gasteiger partial charge in [0.2, 0.25) is 5.91 Å². The number of carboxylic acid groups (broad SMARTS) is 1.